The van der Waals surface area contributed by atoms with Gasteiger partial charge in [0.15, 0.2) is 0 Å². The van der Waals surface area contributed by atoms with Gasteiger partial charge in [-0.1, -0.05) is 28.1 Å². The van der Waals surface area contributed by atoms with Gasteiger partial charge in [0.25, 0.3) is 5.91 Å². The Morgan fingerprint density at radius 3 is 2.64 bits per heavy atom. The Bertz CT molecular complexity index is 760. The molecule has 0 bridgehead atoms. The number of carbonyl (C=O) groups is 1. The molecular formula is C19H21BrFN3O. The summed E-state index contributed by atoms with van der Waals surface area (Å²) in [6.07, 6.45) is 0. The van der Waals surface area contributed by atoms with Crippen molar-refractivity contribution in [3.8, 4) is 0 Å². The van der Waals surface area contributed by atoms with Crippen LogP contribution in [0.15, 0.2) is 46.9 Å². The lowest BCUT2D eigenvalue weighted by Crippen LogP contribution is -2.43. The monoisotopic (exact) mass is 405 g/mol. The van der Waals surface area contributed by atoms with Crippen LogP contribution in [0.25, 0.3) is 0 Å². The zero-order valence-electron chi connectivity index (χ0n) is 14.1. The Labute approximate surface area is 155 Å². The maximum atomic E-state index is 13.9. The molecule has 1 saturated heterocycles. The minimum Gasteiger partial charge on any atom is -0.322 e. The standard InChI is InChI=1S/C19H21BrFN3O/c1-23-7-9-24(10-8-23)13-14-3-2-4-16(11-14)22-19(25)17-6-5-15(20)12-18(17)21/h2-6,11-12H,7-10,13H2,1H3,(H,22,25). The normalized spacial score (nSPS) is 16.0. The van der Waals surface area contributed by atoms with Gasteiger partial charge in [-0.25, -0.2) is 4.39 Å². The van der Waals surface area contributed by atoms with Crippen LogP contribution in [0.1, 0.15) is 15.9 Å². The summed E-state index contributed by atoms with van der Waals surface area (Å²) < 4.78 is 14.5. The molecule has 2 aromatic carbocycles. The van der Waals surface area contributed by atoms with Crippen molar-refractivity contribution in [3.63, 3.8) is 0 Å². The van der Waals surface area contributed by atoms with Crippen molar-refractivity contribution in [2.75, 3.05) is 38.5 Å². The molecule has 2 aromatic rings. The Hall–Kier alpha value is -1.76. The van der Waals surface area contributed by atoms with Crippen molar-refractivity contribution in [2.24, 2.45) is 0 Å². The Morgan fingerprint density at radius 1 is 1.16 bits per heavy atom. The fourth-order valence-electron chi connectivity index (χ4n) is 2.88. The molecular weight excluding hydrogens is 385 g/mol. The molecule has 1 fully saturated rings. The van der Waals surface area contributed by atoms with Gasteiger partial charge in [0.1, 0.15) is 5.82 Å². The number of hydrogen-bond donors (Lipinski definition) is 1. The molecule has 132 valence electrons. The first-order valence-electron chi connectivity index (χ1n) is 8.27. The molecule has 0 saturated carbocycles. The molecule has 0 aliphatic carbocycles. The fraction of sp³-hybridized carbons (Fsp3) is 0.316. The van der Waals surface area contributed by atoms with E-state index in [1.165, 1.54) is 12.1 Å². The second-order valence-corrected chi connectivity index (χ2v) is 7.27. The van der Waals surface area contributed by atoms with Crippen LogP contribution in [0.3, 0.4) is 0 Å². The molecule has 1 heterocycles. The maximum Gasteiger partial charge on any atom is 0.258 e. The molecule has 1 amide bonds. The third-order valence-corrected chi connectivity index (χ3v) is 4.86. The van der Waals surface area contributed by atoms with E-state index in [4.69, 9.17) is 0 Å². The molecule has 0 unspecified atom stereocenters. The minimum absolute atomic E-state index is 0.0349. The van der Waals surface area contributed by atoms with Crippen molar-refractivity contribution in [2.45, 2.75) is 6.54 Å². The molecule has 0 radical (unpaired) electrons. The lowest BCUT2D eigenvalue weighted by molar-refractivity contribution is 0.102. The summed E-state index contributed by atoms with van der Waals surface area (Å²) in [6, 6.07) is 12.2. The number of hydrogen-bond acceptors (Lipinski definition) is 3. The van der Waals surface area contributed by atoms with E-state index in [1.54, 1.807) is 6.07 Å². The molecule has 0 spiro atoms. The Balaban J connectivity index is 1.66. The van der Waals surface area contributed by atoms with Gasteiger partial charge in [-0.2, -0.15) is 0 Å². The van der Waals surface area contributed by atoms with Gasteiger partial charge in [-0.15, -0.1) is 0 Å². The van der Waals surface area contributed by atoms with Crippen LogP contribution in [0, 0.1) is 5.82 Å². The predicted molar refractivity (Wildman–Crippen MR) is 101 cm³/mol. The number of halogens is 2. The van der Waals surface area contributed by atoms with E-state index < -0.39 is 11.7 Å². The highest BCUT2D eigenvalue weighted by Gasteiger charge is 2.15. The summed E-state index contributed by atoms with van der Waals surface area (Å²) in [4.78, 5) is 17.0. The minimum atomic E-state index is -0.541. The number of anilines is 1. The summed E-state index contributed by atoms with van der Waals surface area (Å²) >= 11 is 3.19. The highest BCUT2D eigenvalue weighted by Crippen LogP contribution is 2.18. The SMILES string of the molecule is CN1CCN(Cc2cccc(NC(=O)c3ccc(Br)cc3F)c2)CC1. The van der Waals surface area contributed by atoms with Gasteiger partial charge in [0.05, 0.1) is 5.56 Å². The van der Waals surface area contributed by atoms with E-state index in [1.807, 2.05) is 24.3 Å². The van der Waals surface area contributed by atoms with E-state index in [0.717, 1.165) is 38.3 Å². The summed E-state index contributed by atoms with van der Waals surface area (Å²) in [6.45, 7) is 5.07. The van der Waals surface area contributed by atoms with Crippen LogP contribution in [-0.4, -0.2) is 48.9 Å². The topological polar surface area (TPSA) is 35.6 Å². The lowest BCUT2D eigenvalue weighted by Gasteiger charge is -2.32. The quantitative estimate of drug-likeness (QED) is 0.843. The van der Waals surface area contributed by atoms with Crippen LogP contribution in [0.4, 0.5) is 10.1 Å². The van der Waals surface area contributed by atoms with E-state index in [9.17, 15) is 9.18 Å². The number of piperazine rings is 1. The fourth-order valence-corrected chi connectivity index (χ4v) is 3.22. The van der Waals surface area contributed by atoms with Gasteiger partial charge in [-0.3, -0.25) is 9.69 Å². The second kappa shape index (κ2) is 8.08. The van der Waals surface area contributed by atoms with Crippen molar-refractivity contribution < 1.29 is 9.18 Å². The summed E-state index contributed by atoms with van der Waals surface area (Å²) in [5.74, 6) is -0.984. The number of carbonyl (C=O) groups excluding carboxylic acids is 1. The summed E-state index contributed by atoms with van der Waals surface area (Å²) in [5, 5.41) is 2.78. The van der Waals surface area contributed by atoms with Gasteiger partial charge in [-0.05, 0) is 42.9 Å². The van der Waals surface area contributed by atoms with Crippen LogP contribution in [0.5, 0.6) is 0 Å². The van der Waals surface area contributed by atoms with E-state index >= 15 is 0 Å². The molecule has 0 aromatic heterocycles. The van der Waals surface area contributed by atoms with Crippen LogP contribution < -0.4 is 5.32 Å². The van der Waals surface area contributed by atoms with Crippen molar-refractivity contribution in [3.05, 3.63) is 63.9 Å². The van der Waals surface area contributed by atoms with Gasteiger partial charge < -0.3 is 10.2 Å². The smallest absolute Gasteiger partial charge is 0.258 e. The largest absolute Gasteiger partial charge is 0.322 e. The second-order valence-electron chi connectivity index (χ2n) is 6.36. The molecule has 1 N–H and O–H groups in total. The Morgan fingerprint density at radius 2 is 1.92 bits per heavy atom. The van der Waals surface area contributed by atoms with Crippen LogP contribution in [-0.2, 0) is 6.54 Å². The van der Waals surface area contributed by atoms with Crippen molar-refractivity contribution in [1.29, 1.82) is 0 Å². The molecule has 0 atom stereocenters. The number of rotatable bonds is 4. The van der Waals surface area contributed by atoms with Gasteiger partial charge in [0, 0.05) is 42.9 Å². The predicted octanol–water partition coefficient (Wildman–Crippen LogP) is 3.59. The van der Waals surface area contributed by atoms with Crippen LogP contribution in [0.2, 0.25) is 0 Å². The van der Waals surface area contributed by atoms with E-state index in [0.29, 0.717) is 10.2 Å². The van der Waals surface area contributed by atoms with Gasteiger partial charge >= 0.3 is 0 Å². The zero-order chi connectivity index (χ0) is 17.8. The van der Waals surface area contributed by atoms with Crippen molar-refractivity contribution >= 4 is 27.5 Å². The Kier molecular flexibility index (Phi) is 5.83. The molecule has 4 nitrogen and oxygen atoms in total. The highest BCUT2D eigenvalue weighted by molar-refractivity contribution is 9.10. The third-order valence-electron chi connectivity index (χ3n) is 4.36. The zero-order valence-corrected chi connectivity index (χ0v) is 15.7. The van der Waals surface area contributed by atoms with Crippen LogP contribution >= 0.6 is 15.9 Å². The van der Waals surface area contributed by atoms with Gasteiger partial charge in [0.2, 0.25) is 0 Å². The first-order chi connectivity index (χ1) is 12.0. The number of nitrogens with one attached hydrogen (secondary N) is 1. The third kappa shape index (κ3) is 4.87. The number of amides is 1. The first kappa shape index (κ1) is 18.0. The maximum absolute atomic E-state index is 13.9. The molecule has 3 rings (SSSR count). The molecule has 6 heteroatoms. The first-order valence-corrected chi connectivity index (χ1v) is 9.07. The molecule has 1 aliphatic heterocycles. The summed E-state index contributed by atoms with van der Waals surface area (Å²) in [5.41, 5.74) is 1.85. The van der Waals surface area contributed by atoms with E-state index in [-0.39, 0.29) is 5.56 Å². The van der Waals surface area contributed by atoms with E-state index in [2.05, 4.69) is 38.1 Å². The van der Waals surface area contributed by atoms with Crippen molar-refractivity contribution in [1.82, 2.24) is 9.80 Å². The highest BCUT2D eigenvalue weighted by atomic mass is 79.9. The number of benzene rings is 2. The lowest BCUT2D eigenvalue weighted by atomic mass is 10.1. The molecule has 25 heavy (non-hydrogen) atoms. The average Bonchev–Trinajstić information content (AvgIpc) is 2.57. The summed E-state index contributed by atoms with van der Waals surface area (Å²) in [7, 11) is 2.13. The molecule has 1 aliphatic rings. The number of likely N-dealkylation sites (N-methyl/N-ethyl adjacent to an activating group) is 1. The number of nitrogens with zero attached hydrogens (tertiary/aromatic N) is 2. The average molecular weight is 406 g/mol.